The van der Waals surface area contributed by atoms with Gasteiger partial charge in [-0.2, -0.15) is 5.10 Å². The molecule has 2 aromatic heterocycles. The maximum absolute atomic E-state index is 13.2. The van der Waals surface area contributed by atoms with E-state index in [1.165, 1.54) is 17.3 Å². The molecule has 0 unspecified atom stereocenters. The van der Waals surface area contributed by atoms with Crippen molar-refractivity contribution in [1.82, 2.24) is 24.2 Å². The first kappa shape index (κ1) is 20.0. The molecule has 0 aliphatic rings. The summed E-state index contributed by atoms with van der Waals surface area (Å²) in [4.78, 5) is 19.3. The fourth-order valence-corrected chi connectivity index (χ4v) is 3.89. The first-order valence-corrected chi connectivity index (χ1v) is 10.9. The van der Waals surface area contributed by atoms with E-state index in [0.717, 1.165) is 16.4 Å². The molecule has 6 nitrogen and oxygen atoms in total. The second-order valence-electron chi connectivity index (χ2n) is 6.99. The van der Waals surface area contributed by atoms with E-state index in [2.05, 4.69) is 22.2 Å². The van der Waals surface area contributed by atoms with Crippen LogP contribution >= 0.6 is 11.8 Å². The minimum absolute atomic E-state index is 0.0811. The van der Waals surface area contributed by atoms with Crippen LogP contribution in [0.15, 0.2) is 84.4 Å². The van der Waals surface area contributed by atoms with Gasteiger partial charge in [0, 0.05) is 31.0 Å². The molecule has 152 valence electrons. The summed E-state index contributed by atoms with van der Waals surface area (Å²) >= 11 is 1.52. The highest BCUT2D eigenvalue weighted by molar-refractivity contribution is 7.98. The van der Waals surface area contributed by atoms with Crippen LogP contribution in [0.25, 0.3) is 5.69 Å². The monoisotopic (exact) mass is 417 g/mol. The maximum Gasteiger partial charge on any atom is 0.272 e. The number of imidazole rings is 1. The van der Waals surface area contributed by atoms with Crippen molar-refractivity contribution in [3.8, 4) is 5.69 Å². The Morgan fingerprint density at radius 3 is 2.40 bits per heavy atom. The minimum Gasteiger partial charge on any atom is -0.336 e. The number of thioether (sulfide) groups is 1. The number of aromatic nitrogens is 4. The Balaban J connectivity index is 1.51. The number of nitrogens with zero attached hydrogens (tertiary/aromatic N) is 5. The molecule has 1 amide bonds. The quantitative estimate of drug-likeness (QED) is 0.425. The second-order valence-corrected chi connectivity index (χ2v) is 7.77. The van der Waals surface area contributed by atoms with E-state index in [-0.39, 0.29) is 5.91 Å². The molecule has 4 rings (SSSR count). The Morgan fingerprint density at radius 1 is 1.00 bits per heavy atom. The number of amides is 1. The molecule has 30 heavy (non-hydrogen) atoms. The molecular formula is C23H23N5OS. The van der Waals surface area contributed by atoms with Crippen molar-refractivity contribution in [2.75, 3.05) is 13.3 Å². The number of carbonyl (C=O) groups excluding carboxylic acids is 1. The minimum atomic E-state index is -0.0811. The summed E-state index contributed by atoms with van der Waals surface area (Å²) in [5, 5.41) is 5.22. The third kappa shape index (κ3) is 4.31. The Hall–Kier alpha value is -3.32. The molecule has 0 radical (unpaired) electrons. The number of hydrogen-bond donors (Lipinski definition) is 0. The van der Waals surface area contributed by atoms with E-state index in [4.69, 9.17) is 0 Å². The van der Waals surface area contributed by atoms with Crippen molar-refractivity contribution in [2.45, 2.75) is 18.2 Å². The lowest BCUT2D eigenvalue weighted by atomic mass is 10.2. The van der Waals surface area contributed by atoms with E-state index in [0.29, 0.717) is 18.8 Å². The van der Waals surface area contributed by atoms with Gasteiger partial charge in [0.1, 0.15) is 5.69 Å². The van der Waals surface area contributed by atoms with Crippen LogP contribution in [0.5, 0.6) is 0 Å². The molecule has 0 aliphatic carbocycles. The van der Waals surface area contributed by atoms with Crippen molar-refractivity contribution in [3.05, 3.63) is 96.1 Å². The lowest BCUT2D eigenvalue weighted by Crippen LogP contribution is -2.28. The highest BCUT2D eigenvalue weighted by Gasteiger charge is 2.21. The highest BCUT2D eigenvalue weighted by Crippen LogP contribution is 2.22. The van der Waals surface area contributed by atoms with Crippen LogP contribution in [-0.4, -0.2) is 43.4 Å². The molecule has 0 spiro atoms. The first-order valence-electron chi connectivity index (χ1n) is 9.63. The van der Waals surface area contributed by atoms with Crippen LogP contribution in [0.2, 0.25) is 0 Å². The van der Waals surface area contributed by atoms with Crippen LogP contribution in [0, 0.1) is 0 Å². The van der Waals surface area contributed by atoms with Crippen LogP contribution < -0.4 is 0 Å². The van der Waals surface area contributed by atoms with E-state index >= 15 is 0 Å². The number of benzene rings is 2. The average Bonchev–Trinajstić information content (AvgIpc) is 3.41. The number of para-hydroxylation sites is 1. The first-order chi connectivity index (χ1) is 14.7. The van der Waals surface area contributed by atoms with E-state index in [9.17, 15) is 4.79 Å². The maximum atomic E-state index is 13.2. The molecule has 0 bridgehead atoms. The molecule has 0 saturated carbocycles. The van der Waals surface area contributed by atoms with Gasteiger partial charge in [-0.25, -0.2) is 4.98 Å². The van der Waals surface area contributed by atoms with Gasteiger partial charge in [0.2, 0.25) is 0 Å². The molecule has 2 aromatic carbocycles. The van der Waals surface area contributed by atoms with Gasteiger partial charge in [-0.1, -0.05) is 60.3 Å². The molecule has 2 heterocycles. The number of hydrogen-bond acceptors (Lipinski definition) is 4. The van der Waals surface area contributed by atoms with Gasteiger partial charge in [-0.15, -0.1) is 0 Å². The summed E-state index contributed by atoms with van der Waals surface area (Å²) in [7, 11) is 1.80. The lowest BCUT2D eigenvalue weighted by molar-refractivity contribution is 0.0776. The van der Waals surface area contributed by atoms with E-state index in [1.54, 1.807) is 18.1 Å². The molecule has 0 atom stereocenters. The topological polar surface area (TPSA) is 56.0 Å². The van der Waals surface area contributed by atoms with Crippen molar-refractivity contribution in [2.24, 2.45) is 0 Å². The standard InChI is InChI=1S/C23H23N5OS/c1-26(15-19-13-25-27(17-19)16-18-9-5-3-6-10-18)22(29)21-14-24-23(30-2)28(21)20-11-7-4-8-12-20/h3-14,17H,15-16H2,1-2H3. The summed E-state index contributed by atoms with van der Waals surface area (Å²) in [5.74, 6) is -0.0811. The fraction of sp³-hybridized carbons (Fsp3) is 0.174. The number of carbonyl (C=O) groups is 1. The van der Waals surface area contributed by atoms with Crippen LogP contribution in [0.1, 0.15) is 21.6 Å². The van der Waals surface area contributed by atoms with Gasteiger partial charge in [0.25, 0.3) is 5.91 Å². The number of rotatable bonds is 7. The fourth-order valence-electron chi connectivity index (χ4n) is 3.34. The molecule has 0 saturated heterocycles. The third-order valence-corrected chi connectivity index (χ3v) is 5.44. The average molecular weight is 418 g/mol. The molecule has 0 fully saturated rings. The van der Waals surface area contributed by atoms with Crippen molar-refractivity contribution < 1.29 is 4.79 Å². The van der Waals surface area contributed by atoms with Crippen LogP contribution in [0.3, 0.4) is 0 Å². The van der Waals surface area contributed by atoms with Gasteiger partial charge < -0.3 is 4.90 Å². The normalized spacial score (nSPS) is 10.9. The zero-order chi connectivity index (χ0) is 20.9. The van der Waals surface area contributed by atoms with Gasteiger partial charge in [0.05, 0.1) is 18.9 Å². The van der Waals surface area contributed by atoms with Crippen molar-refractivity contribution >= 4 is 17.7 Å². The van der Waals surface area contributed by atoms with Crippen LogP contribution in [0.4, 0.5) is 0 Å². The smallest absolute Gasteiger partial charge is 0.272 e. The van der Waals surface area contributed by atoms with Crippen molar-refractivity contribution in [1.29, 1.82) is 0 Å². The molecular weight excluding hydrogens is 394 g/mol. The van der Waals surface area contributed by atoms with Crippen molar-refractivity contribution in [3.63, 3.8) is 0 Å². The Labute approximate surface area is 180 Å². The van der Waals surface area contributed by atoms with Gasteiger partial charge >= 0.3 is 0 Å². The largest absolute Gasteiger partial charge is 0.336 e. The van der Waals surface area contributed by atoms with E-state index < -0.39 is 0 Å². The molecule has 4 aromatic rings. The SMILES string of the molecule is CSc1ncc(C(=O)N(C)Cc2cnn(Cc3ccccc3)c2)n1-c1ccccc1. The van der Waals surface area contributed by atoms with Gasteiger partial charge in [0.15, 0.2) is 5.16 Å². The highest BCUT2D eigenvalue weighted by atomic mass is 32.2. The zero-order valence-electron chi connectivity index (χ0n) is 17.0. The predicted octanol–water partition coefficient (Wildman–Crippen LogP) is 4.11. The molecule has 7 heteroatoms. The molecule has 0 aliphatic heterocycles. The van der Waals surface area contributed by atoms with Gasteiger partial charge in [-0.05, 0) is 24.0 Å². The predicted molar refractivity (Wildman–Crippen MR) is 119 cm³/mol. The summed E-state index contributed by atoms with van der Waals surface area (Å²) < 4.78 is 3.80. The molecule has 0 N–H and O–H groups in total. The zero-order valence-corrected chi connectivity index (χ0v) is 17.8. The Bertz CT molecular complexity index is 1120. The summed E-state index contributed by atoms with van der Waals surface area (Å²) in [5.41, 5.74) is 3.64. The third-order valence-electron chi connectivity index (χ3n) is 4.79. The van der Waals surface area contributed by atoms with Gasteiger partial charge in [-0.3, -0.25) is 14.0 Å². The Morgan fingerprint density at radius 2 is 1.70 bits per heavy atom. The summed E-state index contributed by atoms with van der Waals surface area (Å²) in [6.45, 7) is 1.18. The second kappa shape index (κ2) is 9.00. The Kier molecular flexibility index (Phi) is 5.99. The lowest BCUT2D eigenvalue weighted by Gasteiger charge is -2.18. The van der Waals surface area contributed by atoms with E-state index in [1.807, 2.05) is 76.4 Å². The summed E-state index contributed by atoms with van der Waals surface area (Å²) in [6.07, 6.45) is 7.41. The van der Waals surface area contributed by atoms with Crippen LogP contribution in [-0.2, 0) is 13.1 Å². The summed E-state index contributed by atoms with van der Waals surface area (Å²) in [6, 6.07) is 20.0.